The maximum absolute atomic E-state index is 14.9. The van der Waals surface area contributed by atoms with Gasteiger partial charge in [-0.1, -0.05) is 25.9 Å². The molecule has 0 unspecified atom stereocenters. The summed E-state index contributed by atoms with van der Waals surface area (Å²) in [7, 11) is -3.52. The zero-order chi connectivity index (χ0) is 22.4. The molecule has 30 heavy (non-hydrogen) atoms. The van der Waals surface area contributed by atoms with Crippen molar-refractivity contribution in [3.63, 3.8) is 0 Å². The normalized spacial score (nSPS) is 15.4. The quantitative estimate of drug-likeness (QED) is 0.638. The van der Waals surface area contributed by atoms with Crippen molar-refractivity contribution in [2.24, 2.45) is 0 Å². The van der Waals surface area contributed by atoms with E-state index in [1.165, 1.54) is 6.26 Å². The monoisotopic (exact) mass is 445 g/mol. The summed E-state index contributed by atoms with van der Waals surface area (Å²) in [6.07, 6.45) is 3.06. The molecule has 0 spiro atoms. The summed E-state index contributed by atoms with van der Waals surface area (Å²) >= 11 is 0. The van der Waals surface area contributed by atoms with E-state index in [2.05, 4.69) is 10.5 Å². The molecule has 1 fully saturated rings. The number of rotatable bonds is 9. The van der Waals surface area contributed by atoms with E-state index < -0.39 is 27.2 Å². The highest BCUT2D eigenvalue weighted by atomic mass is 32.2. The van der Waals surface area contributed by atoms with Crippen LogP contribution in [0.1, 0.15) is 44.0 Å². The largest absolute Gasteiger partial charge is 0.377 e. The molecular weight excluding hydrogens is 416 g/mol. The van der Waals surface area contributed by atoms with Crippen molar-refractivity contribution in [3.05, 3.63) is 52.9 Å². The van der Waals surface area contributed by atoms with E-state index >= 15 is 0 Å². The van der Waals surface area contributed by atoms with Crippen molar-refractivity contribution in [1.82, 2.24) is 14.8 Å². The number of sulfonamides is 1. The van der Waals surface area contributed by atoms with Gasteiger partial charge in [-0.15, -0.1) is 0 Å². The first kappa shape index (κ1) is 24.4. The minimum atomic E-state index is -3.52. The molecule has 3 rings (SSSR count). The minimum Gasteiger partial charge on any atom is -0.377 e. The lowest BCUT2D eigenvalue weighted by molar-refractivity contribution is -0.0815. The molecule has 1 aliphatic rings. The van der Waals surface area contributed by atoms with Crippen molar-refractivity contribution >= 4 is 10.0 Å². The molecule has 0 amide bonds. The molecule has 0 saturated carbocycles. The summed E-state index contributed by atoms with van der Waals surface area (Å²) in [5.74, 6) is -1.27. The third-order valence-electron chi connectivity index (χ3n) is 4.74. The lowest BCUT2D eigenvalue weighted by Crippen LogP contribution is -2.57. The lowest BCUT2D eigenvalue weighted by atomic mass is 9.86. The Morgan fingerprint density at radius 1 is 1.23 bits per heavy atom. The summed E-state index contributed by atoms with van der Waals surface area (Å²) in [6.45, 7) is 6.52. The molecule has 1 aromatic carbocycles. The van der Waals surface area contributed by atoms with Crippen LogP contribution in [0.4, 0.5) is 8.78 Å². The fourth-order valence-corrected chi connectivity index (χ4v) is 4.01. The van der Waals surface area contributed by atoms with Crippen molar-refractivity contribution in [3.8, 4) is 0 Å². The number of hydrogen-bond donors (Lipinski definition) is 1. The van der Waals surface area contributed by atoms with E-state index in [1.54, 1.807) is 6.07 Å². The molecule has 7 nitrogen and oxygen atoms in total. The molecule has 1 N–H and O–H groups in total. The van der Waals surface area contributed by atoms with Crippen LogP contribution in [0.5, 0.6) is 0 Å². The minimum absolute atomic E-state index is 0.00739. The van der Waals surface area contributed by atoms with Crippen molar-refractivity contribution in [2.45, 2.75) is 45.8 Å². The second kappa shape index (κ2) is 10.4. The zero-order valence-corrected chi connectivity index (χ0v) is 18.6. The summed E-state index contributed by atoms with van der Waals surface area (Å²) in [5, 5.41) is 6.95. The standard InChI is InChI=1S/C18H23F2N3O4S.C2H6/c1-3-5-23(28(2,24)25)10-13-7-17(20)15(8-16(13)19)18(11-26-12-18)21-9-14-4-6-27-22-14;1-2/h4,6-8,21H,3,5,9-12H2,1-2H3;1-2H3. The molecule has 1 saturated heterocycles. The summed E-state index contributed by atoms with van der Waals surface area (Å²) in [5.41, 5.74) is -0.105. The Hall–Kier alpha value is -1.88. The number of nitrogens with one attached hydrogen (secondary N) is 1. The first-order chi connectivity index (χ1) is 14.2. The van der Waals surface area contributed by atoms with Crippen LogP contribution in [0, 0.1) is 11.6 Å². The Morgan fingerprint density at radius 3 is 2.43 bits per heavy atom. The predicted molar refractivity (Wildman–Crippen MR) is 109 cm³/mol. The Balaban J connectivity index is 0.00000155. The van der Waals surface area contributed by atoms with Gasteiger partial charge in [0.05, 0.1) is 30.7 Å². The van der Waals surface area contributed by atoms with Gasteiger partial charge in [0.2, 0.25) is 10.0 Å². The summed E-state index contributed by atoms with van der Waals surface area (Å²) in [6, 6.07) is 3.86. The van der Waals surface area contributed by atoms with Crippen LogP contribution in [0.2, 0.25) is 0 Å². The van der Waals surface area contributed by atoms with E-state index in [4.69, 9.17) is 9.26 Å². The Morgan fingerprint density at radius 2 is 1.93 bits per heavy atom. The van der Waals surface area contributed by atoms with Crippen molar-refractivity contribution in [1.29, 1.82) is 0 Å². The molecule has 10 heteroatoms. The number of aromatic nitrogens is 1. The van der Waals surface area contributed by atoms with Gasteiger partial charge in [0.15, 0.2) is 0 Å². The lowest BCUT2D eigenvalue weighted by Gasteiger charge is -2.42. The number of hydrogen-bond acceptors (Lipinski definition) is 6. The van der Waals surface area contributed by atoms with Gasteiger partial charge in [-0.05, 0) is 18.6 Å². The topological polar surface area (TPSA) is 84.7 Å². The molecule has 0 atom stereocenters. The molecule has 2 heterocycles. The molecule has 0 radical (unpaired) electrons. The first-order valence-corrected chi connectivity index (χ1v) is 11.8. The predicted octanol–water partition coefficient (Wildman–Crippen LogP) is 3.17. The van der Waals surface area contributed by atoms with Gasteiger partial charge in [0.25, 0.3) is 0 Å². The van der Waals surface area contributed by atoms with Gasteiger partial charge in [-0.3, -0.25) is 5.32 Å². The van der Waals surface area contributed by atoms with Crippen molar-refractivity contribution < 1.29 is 26.5 Å². The highest BCUT2D eigenvalue weighted by Crippen LogP contribution is 2.33. The first-order valence-electron chi connectivity index (χ1n) is 9.91. The average molecular weight is 446 g/mol. The highest BCUT2D eigenvalue weighted by molar-refractivity contribution is 7.88. The van der Waals surface area contributed by atoms with Crippen LogP contribution in [0.3, 0.4) is 0 Å². The maximum Gasteiger partial charge on any atom is 0.211 e. The van der Waals surface area contributed by atoms with Crippen molar-refractivity contribution in [2.75, 3.05) is 26.0 Å². The van der Waals surface area contributed by atoms with Crippen LogP contribution in [-0.4, -0.2) is 43.9 Å². The number of halogens is 2. The number of ether oxygens (including phenoxy) is 1. The molecule has 1 aliphatic heterocycles. The fourth-order valence-electron chi connectivity index (χ4n) is 3.12. The maximum atomic E-state index is 14.9. The van der Waals surface area contributed by atoms with Crippen LogP contribution >= 0.6 is 0 Å². The SMILES string of the molecule is CC.CCCN(Cc1cc(F)c(C2(NCc3ccon3)COC2)cc1F)S(C)(=O)=O. The van der Waals surface area contributed by atoms with E-state index in [0.717, 1.165) is 22.7 Å². The smallest absolute Gasteiger partial charge is 0.211 e. The Bertz CT molecular complexity index is 916. The Labute approximate surface area is 176 Å². The van der Waals surface area contributed by atoms with Gasteiger partial charge in [0.1, 0.15) is 17.9 Å². The third-order valence-corrected chi connectivity index (χ3v) is 5.99. The van der Waals surface area contributed by atoms with Gasteiger partial charge in [-0.25, -0.2) is 17.2 Å². The molecule has 168 valence electrons. The second-order valence-corrected chi connectivity index (χ2v) is 8.92. The van der Waals surface area contributed by atoms with Gasteiger partial charge < -0.3 is 9.26 Å². The number of nitrogens with zero attached hydrogens (tertiary/aromatic N) is 2. The van der Waals surface area contributed by atoms with Crippen LogP contribution in [0.15, 0.2) is 29.0 Å². The van der Waals surface area contributed by atoms with E-state index in [1.807, 2.05) is 20.8 Å². The van der Waals surface area contributed by atoms with Gasteiger partial charge in [0, 0.05) is 36.8 Å². The molecule has 0 aliphatic carbocycles. The van der Waals surface area contributed by atoms with Crippen LogP contribution in [-0.2, 0) is 33.4 Å². The van der Waals surface area contributed by atoms with Gasteiger partial charge >= 0.3 is 0 Å². The zero-order valence-electron chi connectivity index (χ0n) is 17.7. The van der Waals surface area contributed by atoms with E-state index in [0.29, 0.717) is 18.7 Å². The molecule has 2 aromatic rings. The van der Waals surface area contributed by atoms with Gasteiger partial charge in [-0.2, -0.15) is 4.31 Å². The van der Waals surface area contributed by atoms with E-state index in [9.17, 15) is 17.2 Å². The Kier molecular flexibility index (Phi) is 8.48. The highest BCUT2D eigenvalue weighted by Gasteiger charge is 2.42. The third kappa shape index (κ3) is 5.63. The van der Waals surface area contributed by atoms with Crippen LogP contribution < -0.4 is 5.32 Å². The fraction of sp³-hybridized carbons (Fsp3) is 0.550. The molecule has 0 bridgehead atoms. The van der Waals surface area contributed by atoms with E-state index in [-0.39, 0.29) is 37.4 Å². The molecule has 1 aromatic heterocycles. The second-order valence-electron chi connectivity index (χ2n) is 6.94. The molecular formula is C20H29F2N3O4S. The van der Waals surface area contributed by atoms with Crippen LogP contribution in [0.25, 0.3) is 0 Å². The average Bonchev–Trinajstić information content (AvgIpc) is 3.18. The summed E-state index contributed by atoms with van der Waals surface area (Å²) < 4.78 is 64.5. The summed E-state index contributed by atoms with van der Waals surface area (Å²) in [4.78, 5) is 0. The number of benzene rings is 1.